The van der Waals surface area contributed by atoms with E-state index in [2.05, 4.69) is 40.9 Å². The smallest absolute Gasteiger partial charge is 0.138 e. The lowest BCUT2D eigenvalue weighted by Crippen LogP contribution is -2.50. The number of likely N-dealkylation sites (tertiary alicyclic amines) is 1. The van der Waals surface area contributed by atoms with Crippen molar-refractivity contribution in [2.24, 2.45) is 11.8 Å². The number of ketones is 1. The van der Waals surface area contributed by atoms with Crippen LogP contribution in [0.1, 0.15) is 77.3 Å². The predicted molar refractivity (Wildman–Crippen MR) is 97.1 cm³/mol. The molecule has 0 amide bonds. The van der Waals surface area contributed by atoms with Crippen LogP contribution in [-0.4, -0.2) is 39.6 Å². The Morgan fingerprint density at radius 2 is 1.88 bits per heavy atom. The number of carbonyl (C=O) groups excluding carboxylic acids is 1. The number of piperidine rings is 1. The van der Waals surface area contributed by atoms with E-state index in [9.17, 15) is 4.79 Å². The highest BCUT2D eigenvalue weighted by Crippen LogP contribution is 2.36. The van der Waals surface area contributed by atoms with Crippen molar-refractivity contribution in [1.82, 2.24) is 14.7 Å². The summed E-state index contributed by atoms with van der Waals surface area (Å²) in [4.78, 5) is 14.7. The van der Waals surface area contributed by atoms with Gasteiger partial charge in [0.25, 0.3) is 0 Å². The van der Waals surface area contributed by atoms with Crippen LogP contribution in [0.15, 0.2) is 12.4 Å². The Kier molecular flexibility index (Phi) is 5.43. The molecule has 24 heavy (non-hydrogen) atoms. The van der Waals surface area contributed by atoms with Crippen LogP contribution in [0.25, 0.3) is 0 Å². The van der Waals surface area contributed by atoms with Gasteiger partial charge in [0.05, 0.1) is 12.2 Å². The topological polar surface area (TPSA) is 38.1 Å². The zero-order chi connectivity index (χ0) is 17.3. The first kappa shape index (κ1) is 17.7. The van der Waals surface area contributed by atoms with Gasteiger partial charge in [-0.1, -0.05) is 27.7 Å². The van der Waals surface area contributed by atoms with Crippen molar-refractivity contribution in [1.29, 1.82) is 0 Å². The lowest BCUT2D eigenvalue weighted by atomic mass is 9.73. The van der Waals surface area contributed by atoms with E-state index < -0.39 is 0 Å². The Morgan fingerprint density at radius 3 is 2.46 bits per heavy atom. The monoisotopic (exact) mass is 331 g/mol. The molecule has 4 nitrogen and oxygen atoms in total. The molecular weight excluding hydrogens is 298 g/mol. The number of nitrogens with zero attached hydrogens (tertiary/aromatic N) is 3. The van der Waals surface area contributed by atoms with E-state index in [4.69, 9.17) is 0 Å². The number of hydrogen-bond donors (Lipinski definition) is 0. The number of Topliss-reactive ketones (excluding diaryl/α,β-unsaturated/α-hetero) is 1. The summed E-state index contributed by atoms with van der Waals surface area (Å²) in [7, 11) is 0. The van der Waals surface area contributed by atoms with Crippen LogP contribution in [0, 0.1) is 11.8 Å². The van der Waals surface area contributed by atoms with Gasteiger partial charge in [-0.15, -0.1) is 0 Å². The average molecular weight is 332 g/mol. The van der Waals surface area contributed by atoms with E-state index in [0.29, 0.717) is 29.7 Å². The van der Waals surface area contributed by atoms with E-state index in [0.717, 1.165) is 25.9 Å². The summed E-state index contributed by atoms with van der Waals surface area (Å²) in [5.74, 6) is 1.60. The maximum Gasteiger partial charge on any atom is 0.138 e. The molecule has 3 rings (SSSR count). The largest absolute Gasteiger partial charge is 0.300 e. The maximum absolute atomic E-state index is 12.0. The first-order valence-corrected chi connectivity index (χ1v) is 9.81. The lowest BCUT2D eigenvalue weighted by Gasteiger charge is -2.45. The molecule has 2 aliphatic rings. The Morgan fingerprint density at radius 1 is 1.21 bits per heavy atom. The normalized spacial score (nSPS) is 27.2. The number of carbonyl (C=O) groups is 1. The fourth-order valence-corrected chi connectivity index (χ4v) is 4.15. The molecule has 1 atom stereocenters. The van der Waals surface area contributed by atoms with Crippen molar-refractivity contribution < 1.29 is 4.79 Å². The molecule has 1 aromatic heterocycles. The molecule has 1 aliphatic carbocycles. The maximum atomic E-state index is 12.0. The SMILES string of the molecule is CCC(C)c1cnn(C2CCN([C@H]3C[C@@H](C(=O)C(C)C)C3)CC2)c1. The fraction of sp³-hybridized carbons (Fsp3) is 0.800. The third-order valence-corrected chi connectivity index (χ3v) is 6.28. The third-order valence-electron chi connectivity index (χ3n) is 6.28. The molecule has 134 valence electrons. The first-order valence-electron chi connectivity index (χ1n) is 9.81. The van der Waals surface area contributed by atoms with Crippen LogP contribution in [0.3, 0.4) is 0 Å². The lowest BCUT2D eigenvalue weighted by molar-refractivity contribution is -0.130. The number of rotatable bonds is 6. The molecule has 1 saturated carbocycles. The minimum atomic E-state index is 0.196. The molecule has 0 N–H and O–H groups in total. The van der Waals surface area contributed by atoms with Crippen LogP contribution in [0.2, 0.25) is 0 Å². The van der Waals surface area contributed by atoms with Crippen LogP contribution < -0.4 is 0 Å². The average Bonchev–Trinajstić information content (AvgIpc) is 3.03. The van der Waals surface area contributed by atoms with Crippen molar-refractivity contribution in [3.63, 3.8) is 0 Å². The molecule has 1 aliphatic heterocycles. The third kappa shape index (κ3) is 3.58. The van der Waals surface area contributed by atoms with Crippen molar-refractivity contribution in [2.75, 3.05) is 13.1 Å². The summed E-state index contributed by atoms with van der Waals surface area (Å²) >= 11 is 0. The van der Waals surface area contributed by atoms with E-state index in [1.54, 1.807) is 0 Å². The fourth-order valence-electron chi connectivity index (χ4n) is 4.15. The van der Waals surface area contributed by atoms with Gasteiger partial charge in [-0.3, -0.25) is 9.48 Å². The van der Waals surface area contributed by atoms with Gasteiger partial charge in [-0.25, -0.2) is 0 Å². The second kappa shape index (κ2) is 7.38. The minimum absolute atomic E-state index is 0.196. The van der Waals surface area contributed by atoms with Gasteiger partial charge < -0.3 is 4.90 Å². The Bertz CT molecular complexity index is 551. The van der Waals surface area contributed by atoms with Gasteiger partial charge in [0, 0.05) is 37.2 Å². The summed E-state index contributed by atoms with van der Waals surface area (Å²) in [6, 6.07) is 1.19. The molecule has 0 spiro atoms. The van der Waals surface area contributed by atoms with Gasteiger partial charge in [0.2, 0.25) is 0 Å². The molecule has 0 bridgehead atoms. The van der Waals surface area contributed by atoms with Crippen LogP contribution in [0.4, 0.5) is 0 Å². The zero-order valence-electron chi connectivity index (χ0n) is 15.7. The van der Waals surface area contributed by atoms with Gasteiger partial charge in [-0.05, 0) is 43.6 Å². The molecule has 1 saturated heterocycles. The molecule has 1 aromatic rings. The van der Waals surface area contributed by atoms with Gasteiger partial charge >= 0.3 is 0 Å². The number of aromatic nitrogens is 2. The number of hydrogen-bond acceptors (Lipinski definition) is 3. The molecule has 1 unspecified atom stereocenters. The Balaban J connectivity index is 1.47. The van der Waals surface area contributed by atoms with Gasteiger partial charge in [-0.2, -0.15) is 5.10 Å². The molecule has 4 heteroatoms. The minimum Gasteiger partial charge on any atom is -0.300 e. The standard InChI is InChI=1S/C20H33N3O/c1-5-15(4)17-12-21-23(13-17)18-6-8-22(9-7-18)19-10-16(11-19)20(24)14(2)3/h12-16,18-19H,5-11H2,1-4H3/t15?,16-,19+. The molecular formula is C20H33N3O. The zero-order valence-corrected chi connectivity index (χ0v) is 15.7. The van der Waals surface area contributed by atoms with E-state index in [1.165, 1.54) is 24.8 Å². The second-order valence-corrected chi connectivity index (χ2v) is 8.21. The quantitative estimate of drug-likeness (QED) is 0.789. The summed E-state index contributed by atoms with van der Waals surface area (Å²) in [5, 5.41) is 4.62. The van der Waals surface area contributed by atoms with E-state index >= 15 is 0 Å². The van der Waals surface area contributed by atoms with Crippen LogP contribution >= 0.6 is 0 Å². The van der Waals surface area contributed by atoms with Crippen LogP contribution in [0.5, 0.6) is 0 Å². The van der Waals surface area contributed by atoms with Crippen LogP contribution in [-0.2, 0) is 4.79 Å². The molecule has 0 radical (unpaired) electrons. The van der Waals surface area contributed by atoms with Crippen molar-refractivity contribution in [3.8, 4) is 0 Å². The summed E-state index contributed by atoms with van der Waals surface area (Å²) in [5.41, 5.74) is 1.37. The highest BCUT2D eigenvalue weighted by molar-refractivity contribution is 5.83. The summed E-state index contributed by atoms with van der Waals surface area (Å²) in [6.45, 7) is 10.9. The highest BCUT2D eigenvalue weighted by atomic mass is 16.1. The second-order valence-electron chi connectivity index (χ2n) is 8.21. The molecule has 2 fully saturated rings. The van der Waals surface area contributed by atoms with E-state index in [-0.39, 0.29) is 5.92 Å². The van der Waals surface area contributed by atoms with Gasteiger partial charge in [0.15, 0.2) is 0 Å². The Hall–Kier alpha value is -1.16. The Labute approximate surface area is 146 Å². The molecule has 0 aromatic carbocycles. The van der Waals surface area contributed by atoms with Crippen molar-refractivity contribution >= 4 is 5.78 Å². The summed E-state index contributed by atoms with van der Waals surface area (Å²) < 4.78 is 2.20. The predicted octanol–water partition coefficient (Wildman–Crippen LogP) is 4.04. The van der Waals surface area contributed by atoms with Crippen molar-refractivity contribution in [3.05, 3.63) is 18.0 Å². The van der Waals surface area contributed by atoms with Crippen molar-refractivity contribution in [2.45, 2.75) is 77.8 Å². The highest BCUT2D eigenvalue weighted by Gasteiger charge is 2.39. The van der Waals surface area contributed by atoms with E-state index in [1.807, 2.05) is 13.8 Å². The summed E-state index contributed by atoms with van der Waals surface area (Å²) in [6.07, 6.45) is 10.0. The van der Waals surface area contributed by atoms with Gasteiger partial charge in [0.1, 0.15) is 5.78 Å². The first-order chi connectivity index (χ1) is 11.5. The molecule has 2 heterocycles.